The molecule has 4 atom stereocenters. The summed E-state index contributed by atoms with van der Waals surface area (Å²) in [5.41, 5.74) is 1.78. The first-order chi connectivity index (χ1) is 12.0. The number of likely N-dealkylation sites (N-methyl/N-ethyl adjacent to an activating group) is 1. The lowest BCUT2D eigenvalue weighted by molar-refractivity contribution is -0.151. The van der Waals surface area contributed by atoms with Gasteiger partial charge in [-0.3, -0.25) is 19.3 Å². The summed E-state index contributed by atoms with van der Waals surface area (Å²) < 4.78 is 5.18. The smallest absolute Gasteiger partial charge is 0.313 e. The largest absolute Gasteiger partial charge is 0.466 e. The van der Waals surface area contributed by atoms with E-state index in [0.717, 1.165) is 21.9 Å². The average molecular weight is 341 g/mol. The first-order valence-electron chi connectivity index (χ1n) is 8.35. The molecule has 130 valence electrons. The highest BCUT2D eigenvalue weighted by Crippen LogP contribution is 2.51. The number of rotatable bonds is 2. The van der Waals surface area contributed by atoms with Crippen molar-refractivity contribution in [2.75, 3.05) is 25.6 Å². The number of nitrogens with zero attached hydrogens (tertiary/aromatic N) is 3. The summed E-state index contributed by atoms with van der Waals surface area (Å²) in [4.78, 5) is 45.5. The van der Waals surface area contributed by atoms with E-state index in [1.54, 1.807) is 19.2 Å². The van der Waals surface area contributed by atoms with Gasteiger partial charge in [-0.25, -0.2) is 4.98 Å². The SMILES string of the molecule is CCOC(=O)C1C=C2c3cccnc3N(C)C2C2C(=O)N(C)C(=O)C12. The van der Waals surface area contributed by atoms with Crippen LogP contribution < -0.4 is 4.90 Å². The van der Waals surface area contributed by atoms with E-state index in [-0.39, 0.29) is 24.5 Å². The topological polar surface area (TPSA) is 79.8 Å². The van der Waals surface area contributed by atoms with Gasteiger partial charge in [0, 0.05) is 25.9 Å². The van der Waals surface area contributed by atoms with Crippen LogP contribution in [0.3, 0.4) is 0 Å². The minimum absolute atomic E-state index is 0.231. The fraction of sp³-hybridized carbons (Fsp3) is 0.444. The van der Waals surface area contributed by atoms with Crippen LogP contribution in [0.25, 0.3) is 5.57 Å². The molecule has 0 spiro atoms. The number of carbonyl (C=O) groups excluding carboxylic acids is 3. The molecule has 0 radical (unpaired) electrons. The van der Waals surface area contributed by atoms with Gasteiger partial charge in [-0.05, 0) is 24.6 Å². The van der Waals surface area contributed by atoms with Crippen LogP contribution in [0.2, 0.25) is 0 Å². The van der Waals surface area contributed by atoms with Gasteiger partial charge in [0.2, 0.25) is 11.8 Å². The molecule has 1 aliphatic carbocycles. The van der Waals surface area contributed by atoms with Gasteiger partial charge >= 0.3 is 5.97 Å². The summed E-state index contributed by atoms with van der Waals surface area (Å²) in [6.07, 6.45) is 3.50. The predicted molar refractivity (Wildman–Crippen MR) is 89.3 cm³/mol. The Kier molecular flexibility index (Phi) is 3.42. The van der Waals surface area contributed by atoms with Gasteiger partial charge in [0.15, 0.2) is 0 Å². The van der Waals surface area contributed by atoms with Crippen LogP contribution in [0.1, 0.15) is 12.5 Å². The molecule has 3 heterocycles. The van der Waals surface area contributed by atoms with Crippen molar-refractivity contribution in [2.45, 2.75) is 13.0 Å². The molecule has 0 saturated carbocycles. The number of aromatic nitrogens is 1. The minimum Gasteiger partial charge on any atom is -0.466 e. The quantitative estimate of drug-likeness (QED) is 0.582. The van der Waals surface area contributed by atoms with Crippen LogP contribution in [0.15, 0.2) is 24.4 Å². The lowest BCUT2D eigenvalue weighted by atomic mass is 9.71. The maximum Gasteiger partial charge on any atom is 0.313 e. The fourth-order valence-corrected chi connectivity index (χ4v) is 4.35. The molecule has 2 aliphatic heterocycles. The van der Waals surface area contributed by atoms with Crippen LogP contribution in [-0.4, -0.2) is 54.4 Å². The number of carbonyl (C=O) groups is 3. The number of anilines is 1. The van der Waals surface area contributed by atoms with Crippen LogP contribution in [0.5, 0.6) is 0 Å². The summed E-state index contributed by atoms with van der Waals surface area (Å²) >= 11 is 0. The van der Waals surface area contributed by atoms with E-state index in [1.807, 2.05) is 24.1 Å². The van der Waals surface area contributed by atoms with Crippen molar-refractivity contribution < 1.29 is 19.1 Å². The highest BCUT2D eigenvalue weighted by molar-refractivity contribution is 6.10. The molecule has 0 bridgehead atoms. The Labute approximate surface area is 145 Å². The number of fused-ring (bicyclic) bond motifs is 5. The molecule has 7 heteroatoms. The molecule has 4 unspecified atom stereocenters. The summed E-state index contributed by atoms with van der Waals surface area (Å²) in [5.74, 6) is -2.35. The third kappa shape index (κ3) is 1.98. The van der Waals surface area contributed by atoms with Crippen LogP contribution in [0, 0.1) is 17.8 Å². The van der Waals surface area contributed by atoms with Gasteiger partial charge in [-0.15, -0.1) is 0 Å². The Balaban J connectivity index is 1.89. The lowest BCUT2D eigenvalue weighted by Gasteiger charge is -2.35. The third-order valence-corrected chi connectivity index (χ3v) is 5.43. The lowest BCUT2D eigenvalue weighted by Crippen LogP contribution is -2.47. The maximum atomic E-state index is 12.8. The number of hydrogen-bond acceptors (Lipinski definition) is 6. The number of esters is 1. The number of likely N-dealkylation sites (tertiary alicyclic amines) is 1. The zero-order valence-electron chi connectivity index (χ0n) is 14.3. The number of ether oxygens (including phenoxy) is 1. The van der Waals surface area contributed by atoms with Crippen LogP contribution in [-0.2, 0) is 19.1 Å². The second kappa shape index (κ2) is 5.40. The highest BCUT2D eigenvalue weighted by atomic mass is 16.5. The van der Waals surface area contributed by atoms with E-state index >= 15 is 0 Å². The molecule has 7 nitrogen and oxygen atoms in total. The number of imide groups is 1. The minimum atomic E-state index is -0.753. The first kappa shape index (κ1) is 15.8. The van der Waals surface area contributed by atoms with Gasteiger partial charge < -0.3 is 9.64 Å². The zero-order chi connectivity index (χ0) is 17.9. The molecule has 4 rings (SSSR count). The van der Waals surface area contributed by atoms with Gasteiger partial charge in [0.1, 0.15) is 5.82 Å². The van der Waals surface area contributed by atoms with Crippen molar-refractivity contribution >= 4 is 29.2 Å². The molecule has 0 N–H and O–H groups in total. The van der Waals surface area contributed by atoms with Crippen LogP contribution >= 0.6 is 0 Å². The number of hydrogen-bond donors (Lipinski definition) is 0. The molecule has 3 aliphatic rings. The predicted octanol–water partition coefficient (Wildman–Crippen LogP) is 0.707. The van der Waals surface area contributed by atoms with Crippen molar-refractivity contribution in [1.82, 2.24) is 9.88 Å². The van der Waals surface area contributed by atoms with Gasteiger partial charge in [-0.1, -0.05) is 6.08 Å². The van der Waals surface area contributed by atoms with Crippen LogP contribution in [0.4, 0.5) is 5.82 Å². The standard InChI is InChI=1S/C18H19N3O4/c1-4-25-18(24)11-8-10-9-6-5-7-19-15(9)20(2)14(10)13-12(11)16(22)21(3)17(13)23/h5-8,11-14H,4H2,1-3H3. The van der Waals surface area contributed by atoms with E-state index in [2.05, 4.69) is 4.98 Å². The second-order valence-corrected chi connectivity index (χ2v) is 6.62. The Hall–Kier alpha value is -2.70. The monoisotopic (exact) mass is 341 g/mol. The molecule has 1 aromatic heterocycles. The third-order valence-electron chi connectivity index (χ3n) is 5.43. The molecular weight excluding hydrogens is 322 g/mol. The normalized spacial score (nSPS) is 30.0. The number of amides is 2. The highest BCUT2D eigenvalue weighted by Gasteiger charge is 2.60. The van der Waals surface area contributed by atoms with Crippen molar-refractivity contribution in [3.63, 3.8) is 0 Å². The molecule has 0 aromatic carbocycles. The molecule has 2 amide bonds. The molecule has 25 heavy (non-hydrogen) atoms. The number of pyridine rings is 1. The molecule has 1 fully saturated rings. The van der Waals surface area contributed by atoms with E-state index in [4.69, 9.17) is 4.74 Å². The Bertz CT molecular complexity index is 818. The Morgan fingerprint density at radius 2 is 1.96 bits per heavy atom. The zero-order valence-corrected chi connectivity index (χ0v) is 14.3. The first-order valence-corrected chi connectivity index (χ1v) is 8.35. The van der Waals surface area contributed by atoms with Gasteiger partial charge in [0.25, 0.3) is 0 Å². The molecular formula is C18H19N3O4. The summed E-state index contributed by atoms with van der Waals surface area (Å²) in [5, 5.41) is 0. The van der Waals surface area contributed by atoms with Crippen molar-refractivity contribution in [3.05, 3.63) is 30.0 Å². The van der Waals surface area contributed by atoms with E-state index < -0.39 is 23.7 Å². The Morgan fingerprint density at radius 1 is 1.24 bits per heavy atom. The van der Waals surface area contributed by atoms with E-state index in [9.17, 15) is 14.4 Å². The molecule has 1 saturated heterocycles. The average Bonchev–Trinajstić information content (AvgIpc) is 3.02. The van der Waals surface area contributed by atoms with Gasteiger partial charge in [-0.2, -0.15) is 0 Å². The fourth-order valence-electron chi connectivity index (χ4n) is 4.35. The van der Waals surface area contributed by atoms with E-state index in [1.165, 1.54) is 7.05 Å². The van der Waals surface area contributed by atoms with Gasteiger partial charge in [0.05, 0.1) is 30.4 Å². The Morgan fingerprint density at radius 3 is 2.68 bits per heavy atom. The molecule has 1 aromatic rings. The second-order valence-electron chi connectivity index (χ2n) is 6.62. The van der Waals surface area contributed by atoms with Crippen molar-refractivity contribution in [2.24, 2.45) is 17.8 Å². The summed E-state index contributed by atoms with van der Waals surface area (Å²) in [6.45, 7) is 1.96. The summed E-state index contributed by atoms with van der Waals surface area (Å²) in [7, 11) is 3.35. The van der Waals surface area contributed by atoms with E-state index in [0.29, 0.717) is 0 Å². The van der Waals surface area contributed by atoms with Crippen molar-refractivity contribution in [3.8, 4) is 0 Å². The van der Waals surface area contributed by atoms with Crippen molar-refractivity contribution in [1.29, 1.82) is 0 Å². The summed E-state index contributed by atoms with van der Waals surface area (Å²) in [6, 6.07) is 3.47. The maximum absolute atomic E-state index is 12.8.